The second-order valence-corrected chi connectivity index (χ2v) is 7.33. The number of methoxy groups -OCH3 is 1. The number of pyridine rings is 1. The van der Waals surface area contributed by atoms with Crippen molar-refractivity contribution in [3.63, 3.8) is 0 Å². The lowest BCUT2D eigenvalue weighted by molar-refractivity contribution is 0.0486. The van der Waals surface area contributed by atoms with Crippen molar-refractivity contribution in [2.24, 2.45) is 0 Å². The molecule has 0 N–H and O–H groups in total. The molecule has 1 aromatic heterocycles. The number of piperidine rings is 1. The lowest BCUT2D eigenvalue weighted by Crippen LogP contribution is -2.48. The largest absolute Gasteiger partial charge is 0.383 e. The summed E-state index contributed by atoms with van der Waals surface area (Å²) in [6, 6.07) is 15.3. The summed E-state index contributed by atoms with van der Waals surface area (Å²) < 4.78 is 5.24. The number of hydrogen-bond acceptors (Lipinski definition) is 5. The number of rotatable bonds is 8. The molecule has 3 rings (SSSR count). The van der Waals surface area contributed by atoms with Crippen LogP contribution in [-0.4, -0.2) is 66.6 Å². The molecule has 1 aromatic carbocycles. The van der Waals surface area contributed by atoms with Crippen LogP contribution in [0.5, 0.6) is 0 Å². The topological polar surface area (TPSA) is 69.5 Å². The van der Waals surface area contributed by atoms with E-state index in [4.69, 9.17) is 10.00 Å². The van der Waals surface area contributed by atoms with Gasteiger partial charge in [-0.2, -0.15) is 5.26 Å². The number of aromatic nitrogens is 1. The van der Waals surface area contributed by atoms with Gasteiger partial charge in [0, 0.05) is 63.2 Å². The predicted octanol–water partition coefficient (Wildman–Crippen LogP) is 2.75. The van der Waals surface area contributed by atoms with Crippen LogP contribution in [0.25, 0.3) is 0 Å². The SMILES string of the molecule is COCCN(C(=O)c1cccc(C#N)c1)C1CCN(CCc2ccccn2)CC1. The third-order valence-corrected chi connectivity index (χ3v) is 5.44. The zero-order valence-corrected chi connectivity index (χ0v) is 17.0. The first-order valence-corrected chi connectivity index (χ1v) is 10.1. The number of benzene rings is 1. The van der Waals surface area contributed by atoms with Crippen LogP contribution in [0, 0.1) is 11.3 Å². The number of carbonyl (C=O) groups is 1. The first kappa shape index (κ1) is 21.0. The molecule has 0 spiro atoms. The molecular formula is C23H28N4O2. The van der Waals surface area contributed by atoms with Gasteiger partial charge in [0.05, 0.1) is 18.2 Å². The Hall–Kier alpha value is -2.75. The summed E-state index contributed by atoms with van der Waals surface area (Å²) in [6.45, 7) is 3.98. The third kappa shape index (κ3) is 5.86. The van der Waals surface area contributed by atoms with E-state index < -0.39 is 0 Å². The molecule has 2 aromatic rings. The van der Waals surface area contributed by atoms with Gasteiger partial charge in [0.1, 0.15) is 0 Å². The van der Waals surface area contributed by atoms with Gasteiger partial charge >= 0.3 is 0 Å². The van der Waals surface area contributed by atoms with Gasteiger partial charge in [-0.05, 0) is 43.2 Å². The number of ether oxygens (including phenoxy) is 1. The van der Waals surface area contributed by atoms with Gasteiger partial charge in [-0.1, -0.05) is 12.1 Å². The highest BCUT2D eigenvalue weighted by atomic mass is 16.5. The standard InChI is InChI=1S/C23H28N4O2/c1-29-16-15-27(23(28)20-6-4-5-19(17-20)18-24)22-9-13-26(14-10-22)12-8-21-7-2-3-11-25-21/h2-7,11,17,22H,8-10,12-16H2,1H3. The van der Waals surface area contributed by atoms with Crippen molar-refractivity contribution in [2.75, 3.05) is 39.9 Å². The van der Waals surface area contributed by atoms with Crippen LogP contribution < -0.4 is 0 Å². The lowest BCUT2D eigenvalue weighted by atomic mass is 10.0. The van der Waals surface area contributed by atoms with E-state index in [2.05, 4.69) is 22.0 Å². The number of carbonyl (C=O) groups excluding carboxylic acids is 1. The molecule has 0 aliphatic carbocycles. The van der Waals surface area contributed by atoms with E-state index in [-0.39, 0.29) is 11.9 Å². The Balaban J connectivity index is 1.59. The summed E-state index contributed by atoms with van der Waals surface area (Å²) >= 11 is 0. The van der Waals surface area contributed by atoms with E-state index >= 15 is 0 Å². The Labute approximate surface area is 172 Å². The highest BCUT2D eigenvalue weighted by Crippen LogP contribution is 2.20. The smallest absolute Gasteiger partial charge is 0.254 e. The van der Waals surface area contributed by atoms with E-state index in [0.29, 0.717) is 24.3 Å². The molecule has 0 saturated carbocycles. The van der Waals surface area contributed by atoms with E-state index in [1.54, 1.807) is 31.4 Å². The van der Waals surface area contributed by atoms with E-state index in [0.717, 1.165) is 44.6 Å². The van der Waals surface area contributed by atoms with Crippen molar-refractivity contribution in [2.45, 2.75) is 25.3 Å². The van der Waals surface area contributed by atoms with Crippen molar-refractivity contribution >= 4 is 5.91 Å². The van der Waals surface area contributed by atoms with Crippen LogP contribution in [0.3, 0.4) is 0 Å². The second kappa shape index (κ2) is 10.7. The van der Waals surface area contributed by atoms with Gasteiger partial charge < -0.3 is 14.5 Å². The first-order chi connectivity index (χ1) is 14.2. The molecule has 152 valence electrons. The zero-order chi connectivity index (χ0) is 20.5. The van der Waals surface area contributed by atoms with Gasteiger partial charge in [-0.3, -0.25) is 9.78 Å². The van der Waals surface area contributed by atoms with Crippen molar-refractivity contribution in [1.82, 2.24) is 14.8 Å². The van der Waals surface area contributed by atoms with Crippen LogP contribution in [0.15, 0.2) is 48.7 Å². The zero-order valence-electron chi connectivity index (χ0n) is 17.0. The molecule has 0 bridgehead atoms. The third-order valence-electron chi connectivity index (χ3n) is 5.44. The number of nitrogens with zero attached hydrogens (tertiary/aromatic N) is 4. The summed E-state index contributed by atoms with van der Waals surface area (Å²) in [5.74, 6) is -0.0221. The Morgan fingerprint density at radius 1 is 1.28 bits per heavy atom. The van der Waals surface area contributed by atoms with Gasteiger partial charge in [-0.25, -0.2) is 0 Å². The van der Waals surface area contributed by atoms with Crippen LogP contribution in [0.1, 0.15) is 34.5 Å². The molecule has 1 fully saturated rings. The number of amides is 1. The average molecular weight is 393 g/mol. The molecule has 1 saturated heterocycles. The van der Waals surface area contributed by atoms with Crippen LogP contribution in [0.2, 0.25) is 0 Å². The molecule has 29 heavy (non-hydrogen) atoms. The molecule has 6 heteroatoms. The fourth-order valence-electron chi connectivity index (χ4n) is 3.80. The number of nitriles is 1. The fourth-order valence-corrected chi connectivity index (χ4v) is 3.80. The quantitative estimate of drug-likeness (QED) is 0.691. The molecule has 1 aliphatic heterocycles. The minimum absolute atomic E-state index is 0.0221. The highest BCUT2D eigenvalue weighted by molar-refractivity contribution is 5.94. The summed E-state index contributed by atoms with van der Waals surface area (Å²) in [4.78, 5) is 21.9. The lowest BCUT2D eigenvalue weighted by Gasteiger charge is -2.38. The average Bonchev–Trinajstić information content (AvgIpc) is 2.79. The normalized spacial score (nSPS) is 15.0. The van der Waals surface area contributed by atoms with Crippen molar-refractivity contribution in [1.29, 1.82) is 5.26 Å². The van der Waals surface area contributed by atoms with Crippen molar-refractivity contribution in [3.05, 3.63) is 65.5 Å². The predicted molar refractivity (Wildman–Crippen MR) is 111 cm³/mol. The summed E-state index contributed by atoms with van der Waals surface area (Å²) in [5, 5.41) is 9.13. The van der Waals surface area contributed by atoms with Crippen molar-refractivity contribution in [3.8, 4) is 6.07 Å². The van der Waals surface area contributed by atoms with Crippen LogP contribution >= 0.6 is 0 Å². The van der Waals surface area contributed by atoms with Gasteiger partial charge in [-0.15, -0.1) is 0 Å². The molecule has 0 unspecified atom stereocenters. The monoisotopic (exact) mass is 392 g/mol. The molecule has 2 heterocycles. The Bertz CT molecular complexity index is 826. The maximum atomic E-state index is 13.1. The van der Waals surface area contributed by atoms with Crippen LogP contribution in [0.4, 0.5) is 0 Å². The molecular weight excluding hydrogens is 364 g/mol. The maximum Gasteiger partial charge on any atom is 0.254 e. The first-order valence-electron chi connectivity index (χ1n) is 10.1. The van der Waals surface area contributed by atoms with E-state index in [9.17, 15) is 4.79 Å². The Morgan fingerprint density at radius 3 is 2.79 bits per heavy atom. The van der Waals surface area contributed by atoms with E-state index in [1.165, 1.54) is 0 Å². The minimum Gasteiger partial charge on any atom is -0.383 e. The molecule has 1 aliphatic rings. The Morgan fingerprint density at radius 2 is 2.10 bits per heavy atom. The number of hydrogen-bond donors (Lipinski definition) is 0. The van der Waals surface area contributed by atoms with Crippen LogP contribution in [-0.2, 0) is 11.2 Å². The molecule has 0 atom stereocenters. The Kier molecular flexibility index (Phi) is 7.74. The van der Waals surface area contributed by atoms with Gasteiger partial charge in [0.25, 0.3) is 5.91 Å². The van der Waals surface area contributed by atoms with Crippen molar-refractivity contribution < 1.29 is 9.53 Å². The maximum absolute atomic E-state index is 13.1. The van der Waals surface area contributed by atoms with Gasteiger partial charge in [0.2, 0.25) is 0 Å². The molecule has 1 amide bonds. The summed E-state index contributed by atoms with van der Waals surface area (Å²) in [5.41, 5.74) is 2.19. The second-order valence-electron chi connectivity index (χ2n) is 7.33. The fraction of sp³-hybridized carbons (Fsp3) is 0.435. The highest BCUT2D eigenvalue weighted by Gasteiger charge is 2.28. The molecule has 0 radical (unpaired) electrons. The summed E-state index contributed by atoms with van der Waals surface area (Å²) in [7, 11) is 1.65. The summed E-state index contributed by atoms with van der Waals surface area (Å²) in [6.07, 6.45) is 4.66. The van der Waals surface area contributed by atoms with E-state index in [1.807, 2.05) is 23.2 Å². The number of likely N-dealkylation sites (tertiary alicyclic amines) is 1. The minimum atomic E-state index is -0.0221. The van der Waals surface area contributed by atoms with Gasteiger partial charge in [0.15, 0.2) is 0 Å². The molecule has 6 nitrogen and oxygen atoms in total.